The first-order chi connectivity index (χ1) is 18.7. The number of amides is 1. The molecule has 13 nitrogen and oxygen atoms in total. The van der Waals surface area contributed by atoms with Gasteiger partial charge in [-0.05, 0) is 35.4 Å². The first kappa shape index (κ1) is 28.7. The molecule has 0 fully saturated rings. The number of hydrogen-bond donors (Lipinski definition) is 6. The van der Waals surface area contributed by atoms with Crippen LogP contribution in [-0.4, -0.2) is 83.6 Å². The SMILES string of the molecule is NCCOCCOCCNC(=O)Cc1ccc(Nc2nc(NCCO)nc(NCc3ccncc3)n2)cc1. The smallest absolute Gasteiger partial charge is 0.233 e. The van der Waals surface area contributed by atoms with E-state index in [1.54, 1.807) is 12.4 Å². The van der Waals surface area contributed by atoms with E-state index in [0.29, 0.717) is 70.5 Å². The van der Waals surface area contributed by atoms with Crippen molar-refractivity contribution in [1.82, 2.24) is 25.3 Å². The maximum absolute atomic E-state index is 12.2. The van der Waals surface area contributed by atoms with Crippen molar-refractivity contribution < 1.29 is 19.4 Å². The van der Waals surface area contributed by atoms with E-state index in [9.17, 15) is 4.79 Å². The van der Waals surface area contributed by atoms with Crippen LogP contribution in [0, 0.1) is 0 Å². The average Bonchev–Trinajstić information content (AvgIpc) is 2.94. The number of hydrogen-bond acceptors (Lipinski definition) is 12. The zero-order valence-electron chi connectivity index (χ0n) is 21.2. The molecular weight excluding hydrogens is 490 g/mol. The minimum absolute atomic E-state index is 0.0551. The van der Waals surface area contributed by atoms with E-state index in [0.717, 1.165) is 16.8 Å². The van der Waals surface area contributed by atoms with Gasteiger partial charge in [0.2, 0.25) is 23.8 Å². The Labute approximate surface area is 221 Å². The highest BCUT2D eigenvalue weighted by atomic mass is 16.5. The summed E-state index contributed by atoms with van der Waals surface area (Å²) in [6.07, 6.45) is 3.69. The quantitative estimate of drug-likeness (QED) is 0.128. The third kappa shape index (κ3) is 11.0. The summed E-state index contributed by atoms with van der Waals surface area (Å²) in [7, 11) is 0. The lowest BCUT2D eigenvalue weighted by Crippen LogP contribution is -2.29. The summed E-state index contributed by atoms with van der Waals surface area (Å²) in [4.78, 5) is 29.4. The van der Waals surface area contributed by atoms with E-state index in [1.165, 1.54) is 0 Å². The number of carbonyl (C=O) groups excluding carboxylic acids is 1. The number of nitrogens with two attached hydrogens (primary N) is 1. The molecule has 3 rings (SSSR count). The number of carbonyl (C=O) groups is 1. The number of nitrogens with one attached hydrogen (secondary N) is 4. The lowest BCUT2D eigenvalue weighted by Gasteiger charge is -2.11. The Morgan fingerprint density at radius 3 is 2.21 bits per heavy atom. The van der Waals surface area contributed by atoms with Crippen LogP contribution in [0.5, 0.6) is 0 Å². The van der Waals surface area contributed by atoms with Crippen molar-refractivity contribution in [3.63, 3.8) is 0 Å². The lowest BCUT2D eigenvalue weighted by atomic mass is 10.1. The number of benzene rings is 1. The van der Waals surface area contributed by atoms with Gasteiger partial charge in [-0.25, -0.2) is 0 Å². The van der Waals surface area contributed by atoms with Gasteiger partial charge in [-0.2, -0.15) is 15.0 Å². The highest BCUT2D eigenvalue weighted by molar-refractivity contribution is 5.78. The zero-order chi connectivity index (χ0) is 26.8. The molecule has 0 aliphatic heterocycles. The standard InChI is InChI=1S/C25H35N9O4/c26-7-13-37-15-16-38-14-11-28-22(36)17-19-1-3-21(4-2-19)31-25-33-23(29-10-12-35)32-24(34-25)30-18-20-5-8-27-9-6-20/h1-6,8-9,35H,7,10-18,26H2,(H,28,36)(H3,29,30,31,32,33,34). The minimum Gasteiger partial charge on any atom is -0.395 e. The van der Waals surface area contributed by atoms with E-state index < -0.39 is 0 Å². The van der Waals surface area contributed by atoms with Gasteiger partial charge < -0.3 is 41.6 Å². The maximum Gasteiger partial charge on any atom is 0.233 e. The molecule has 204 valence electrons. The van der Waals surface area contributed by atoms with Crippen LogP contribution in [0.2, 0.25) is 0 Å². The molecule has 38 heavy (non-hydrogen) atoms. The third-order valence-electron chi connectivity index (χ3n) is 5.01. The van der Waals surface area contributed by atoms with Gasteiger partial charge in [-0.15, -0.1) is 0 Å². The molecule has 1 amide bonds. The van der Waals surface area contributed by atoms with Gasteiger partial charge in [0, 0.05) is 44.3 Å². The largest absolute Gasteiger partial charge is 0.395 e. The first-order valence-electron chi connectivity index (χ1n) is 12.4. The van der Waals surface area contributed by atoms with Crippen LogP contribution in [0.3, 0.4) is 0 Å². The number of anilines is 4. The molecular formula is C25H35N9O4. The monoisotopic (exact) mass is 525 g/mol. The Hall–Kier alpha value is -3.91. The predicted octanol–water partition coefficient (Wildman–Crippen LogP) is 0.677. The second-order valence-corrected chi connectivity index (χ2v) is 8.03. The van der Waals surface area contributed by atoms with Gasteiger partial charge in [0.25, 0.3) is 0 Å². The van der Waals surface area contributed by atoms with Crippen molar-refractivity contribution in [2.75, 3.05) is 68.6 Å². The molecule has 2 aromatic heterocycles. The van der Waals surface area contributed by atoms with Crippen LogP contribution in [0.4, 0.5) is 23.5 Å². The van der Waals surface area contributed by atoms with Crippen LogP contribution in [0.1, 0.15) is 11.1 Å². The van der Waals surface area contributed by atoms with Crippen molar-refractivity contribution in [3.8, 4) is 0 Å². The lowest BCUT2D eigenvalue weighted by molar-refractivity contribution is -0.120. The van der Waals surface area contributed by atoms with Crippen LogP contribution < -0.4 is 27.0 Å². The topological polar surface area (TPSA) is 181 Å². The number of pyridine rings is 1. The first-order valence-corrected chi connectivity index (χ1v) is 12.4. The number of rotatable bonds is 18. The molecule has 0 radical (unpaired) electrons. The Morgan fingerprint density at radius 1 is 0.816 bits per heavy atom. The summed E-state index contributed by atoms with van der Waals surface area (Å²) < 4.78 is 10.6. The fourth-order valence-electron chi connectivity index (χ4n) is 3.19. The van der Waals surface area contributed by atoms with Crippen LogP contribution in [0.15, 0.2) is 48.8 Å². The van der Waals surface area contributed by atoms with Crippen molar-refractivity contribution in [2.24, 2.45) is 5.73 Å². The van der Waals surface area contributed by atoms with E-state index >= 15 is 0 Å². The molecule has 0 aliphatic carbocycles. The molecule has 0 saturated heterocycles. The Bertz CT molecular complexity index is 1090. The predicted molar refractivity (Wildman–Crippen MR) is 144 cm³/mol. The van der Waals surface area contributed by atoms with Crippen molar-refractivity contribution in [1.29, 1.82) is 0 Å². The highest BCUT2D eigenvalue weighted by Gasteiger charge is 2.08. The molecule has 3 aromatic rings. The van der Waals surface area contributed by atoms with Crippen molar-refractivity contribution >= 4 is 29.4 Å². The molecule has 1 aromatic carbocycles. The summed E-state index contributed by atoms with van der Waals surface area (Å²) in [5.74, 6) is 0.946. The number of ether oxygens (including phenoxy) is 2. The fourth-order valence-corrected chi connectivity index (χ4v) is 3.19. The van der Waals surface area contributed by atoms with E-state index in [2.05, 4.69) is 41.2 Å². The van der Waals surface area contributed by atoms with Gasteiger partial charge in [0.1, 0.15) is 0 Å². The van der Waals surface area contributed by atoms with Crippen molar-refractivity contribution in [3.05, 3.63) is 59.9 Å². The highest BCUT2D eigenvalue weighted by Crippen LogP contribution is 2.17. The summed E-state index contributed by atoms with van der Waals surface area (Å²) in [5, 5.41) is 21.3. The third-order valence-corrected chi connectivity index (χ3v) is 5.01. The van der Waals surface area contributed by atoms with Crippen molar-refractivity contribution in [2.45, 2.75) is 13.0 Å². The summed E-state index contributed by atoms with van der Waals surface area (Å²) >= 11 is 0. The van der Waals surface area contributed by atoms with Gasteiger partial charge in [0.15, 0.2) is 0 Å². The normalized spacial score (nSPS) is 10.7. The molecule has 7 N–H and O–H groups in total. The summed E-state index contributed by atoms with van der Waals surface area (Å²) in [6.45, 7) is 3.56. The van der Waals surface area contributed by atoms with Gasteiger partial charge in [-0.3, -0.25) is 9.78 Å². The van der Waals surface area contributed by atoms with E-state index in [-0.39, 0.29) is 18.9 Å². The van der Waals surface area contributed by atoms with Gasteiger partial charge >= 0.3 is 0 Å². The molecule has 0 aliphatic rings. The fraction of sp³-hybridized carbons (Fsp3) is 0.400. The molecule has 0 bridgehead atoms. The molecule has 0 saturated carbocycles. The van der Waals surface area contributed by atoms with Gasteiger partial charge in [0.05, 0.1) is 39.5 Å². The average molecular weight is 526 g/mol. The van der Waals surface area contributed by atoms with Gasteiger partial charge in [-0.1, -0.05) is 12.1 Å². The number of aliphatic hydroxyl groups is 1. The van der Waals surface area contributed by atoms with Crippen LogP contribution >= 0.6 is 0 Å². The molecule has 0 atom stereocenters. The Balaban J connectivity index is 1.49. The molecule has 2 heterocycles. The second kappa shape index (κ2) is 16.8. The molecule has 0 unspecified atom stereocenters. The van der Waals surface area contributed by atoms with E-state index in [4.69, 9.17) is 20.3 Å². The number of aromatic nitrogens is 4. The number of aliphatic hydroxyl groups excluding tert-OH is 1. The minimum atomic E-state index is -0.0873. The molecule has 0 spiro atoms. The number of nitrogens with zero attached hydrogens (tertiary/aromatic N) is 4. The zero-order valence-corrected chi connectivity index (χ0v) is 21.2. The Morgan fingerprint density at radius 2 is 1.50 bits per heavy atom. The summed E-state index contributed by atoms with van der Waals surface area (Å²) in [5.41, 5.74) is 7.99. The molecule has 13 heteroatoms. The summed E-state index contributed by atoms with van der Waals surface area (Å²) in [6, 6.07) is 11.2. The van der Waals surface area contributed by atoms with Crippen LogP contribution in [0.25, 0.3) is 0 Å². The Kier molecular flexibility index (Phi) is 12.6. The van der Waals surface area contributed by atoms with Crippen LogP contribution in [-0.2, 0) is 27.2 Å². The second-order valence-electron chi connectivity index (χ2n) is 8.03. The van der Waals surface area contributed by atoms with E-state index in [1.807, 2.05) is 36.4 Å². The maximum atomic E-state index is 12.2.